The van der Waals surface area contributed by atoms with E-state index in [-0.39, 0.29) is 37.4 Å². The Kier molecular flexibility index (Phi) is 9.21. The number of halogens is 4. The summed E-state index contributed by atoms with van der Waals surface area (Å²) in [5, 5.41) is 3.25. The van der Waals surface area contributed by atoms with Crippen LogP contribution in [0.5, 0.6) is 5.75 Å². The lowest BCUT2D eigenvalue weighted by molar-refractivity contribution is -0.123. The molecule has 2 heterocycles. The summed E-state index contributed by atoms with van der Waals surface area (Å²) in [7, 11) is 0. The third kappa shape index (κ3) is 5.49. The number of anilines is 1. The van der Waals surface area contributed by atoms with Crippen molar-refractivity contribution in [2.24, 2.45) is 0 Å². The van der Waals surface area contributed by atoms with Crippen molar-refractivity contribution in [1.29, 1.82) is 0 Å². The van der Waals surface area contributed by atoms with Crippen LogP contribution in [0.25, 0.3) is 5.65 Å². The van der Waals surface area contributed by atoms with Crippen molar-refractivity contribution < 1.29 is 14.3 Å². The predicted molar refractivity (Wildman–Crippen MR) is 132 cm³/mol. The van der Waals surface area contributed by atoms with Gasteiger partial charge in [0.2, 0.25) is 11.8 Å². The van der Waals surface area contributed by atoms with E-state index in [9.17, 15) is 9.59 Å². The van der Waals surface area contributed by atoms with Gasteiger partial charge < -0.3 is 15.0 Å². The molecule has 0 saturated heterocycles. The molecule has 3 aromatic rings. The fraction of sp³-hybridized carbons (Fsp3) is 0.286. The van der Waals surface area contributed by atoms with Crippen LogP contribution in [0.3, 0.4) is 0 Å². The molecule has 0 spiro atoms. The number of hydrogen-bond acceptors (Lipinski definition) is 4. The molecule has 32 heavy (non-hydrogen) atoms. The first-order valence-corrected chi connectivity index (χ1v) is 11.1. The topological polar surface area (TPSA) is 75.9 Å². The number of fused-ring (bicyclic) bond motifs is 1. The van der Waals surface area contributed by atoms with Crippen molar-refractivity contribution in [3.63, 3.8) is 0 Å². The van der Waals surface area contributed by atoms with E-state index in [1.54, 1.807) is 12.1 Å². The van der Waals surface area contributed by atoms with E-state index >= 15 is 0 Å². The maximum absolute atomic E-state index is 12.6. The monoisotopic (exact) mass is 562 g/mol. The lowest BCUT2D eigenvalue weighted by atomic mass is 10.2. The minimum absolute atomic E-state index is 0. The van der Waals surface area contributed by atoms with Crippen LogP contribution in [0.15, 0.2) is 35.1 Å². The van der Waals surface area contributed by atoms with Gasteiger partial charge in [0.1, 0.15) is 11.2 Å². The summed E-state index contributed by atoms with van der Waals surface area (Å²) in [6.45, 7) is 5.42. The summed E-state index contributed by atoms with van der Waals surface area (Å²) in [4.78, 5) is 29.7. The Morgan fingerprint density at radius 2 is 2.00 bits per heavy atom. The van der Waals surface area contributed by atoms with E-state index < -0.39 is 0 Å². The van der Waals surface area contributed by atoms with Gasteiger partial charge in [-0.2, -0.15) is 0 Å². The molecule has 0 saturated carbocycles. The number of imidazole rings is 1. The number of aromatic nitrogens is 2. The Bertz CT molecular complexity index is 1150. The first-order valence-electron chi connectivity index (χ1n) is 9.52. The largest absolute Gasteiger partial charge is 0.485 e. The third-order valence-corrected chi connectivity index (χ3v) is 6.38. The highest BCUT2D eigenvalue weighted by molar-refractivity contribution is 9.10. The molecule has 2 aromatic heterocycles. The molecule has 172 valence electrons. The van der Waals surface area contributed by atoms with Crippen molar-refractivity contribution >= 4 is 74.7 Å². The summed E-state index contributed by atoms with van der Waals surface area (Å²) < 4.78 is 8.74. The van der Waals surface area contributed by atoms with Crippen LogP contribution in [-0.2, 0) is 16.2 Å². The molecule has 0 aliphatic heterocycles. The number of amides is 2. The second-order valence-electron chi connectivity index (χ2n) is 6.75. The van der Waals surface area contributed by atoms with E-state index in [4.69, 9.17) is 27.9 Å². The molecule has 0 bridgehead atoms. The van der Waals surface area contributed by atoms with Crippen LogP contribution in [0.4, 0.5) is 5.69 Å². The van der Waals surface area contributed by atoms with Crippen LogP contribution in [0.2, 0.25) is 10.0 Å². The van der Waals surface area contributed by atoms with Crippen molar-refractivity contribution in [1.82, 2.24) is 14.7 Å². The normalized spacial score (nSPS) is 10.6. The number of rotatable bonds is 7. The van der Waals surface area contributed by atoms with Gasteiger partial charge in [-0.25, -0.2) is 4.98 Å². The van der Waals surface area contributed by atoms with E-state index in [2.05, 4.69) is 26.2 Å². The van der Waals surface area contributed by atoms with Crippen molar-refractivity contribution in [2.75, 3.05) is 18.0 Å². The molecule has 0 aliphatic carbocycles. The first kappa shape index (κ1) is 26.3. The lowest BCUT2D eigenvalue weighted by Gasteiger charge is -2.24. The van der Waals surface area contributed by atoms with Gasteiger partial charge in [-0.15, -0.1) is 12.4 Å². The molecule has 1 N–H and O–H groups in total. The fourth-order valence-corrected chi connectivity index (χ4v) is 4.05. The molecular formula is C21H22BrCl3N4O3. The van der Waals surface area contributed by atoms with Crippen LogP contribution in [0.1, 0.15) is 25.1 Å². The highest BCUT2D eigenvalue weighted by Gasteiger charge is 2.21. The third-order valence-electron chi connectivity index (χ3n) is 4.65. The highest BCUT2D eigenvalue weighted by atomic mass is 79.9. The van der Waals surface area contributed by atoms with Gasteiger partial charge in [-0.3, -0.25) is 14.0 Å². The van der Waals surface area contributed by atoms with Gasteiger partial charge in [-0.05, 0) is 54.0 Å². The number of ether oxygens (including phenoxy) is 1. The van der Waals surface area contributed by atoms with Crippen molar-refractivity contribution in [3.8, 4) is 5.75 Å². The van der Waals surface area contributed by atoms with E-state index in [1.165, 1.54) is 11.8 Å². The Balaban J connectivity index is 0.00000363. The molecule has 3 rings (SSSR count). The van der Waals surface area contributed by atoms with E-state index in [0.717, 1.165) is 10.3 Å². The number of aryl methyl sites for hydroxylation is 1. The number of carbonyl (C=O) groups excluding carboxylic acids is 2. The zero-order valence-corrected chi connectivity index (χ0v) is 21.5. The standard InChI is InChI=1S/C21H21BrCl2N4O3.ClH/c1-4-27(18(30)10-25-13(3)29)16-8-7-15(23)14(19(16)24)11-31-17-6-5-9-28-20(22)12(2)26-21(17)28;/h5-9H,4,10-11H2,1-3H3,(H,25,29);1H. The average Bonchev–Trinajstić information content (AvgIpc) is 3.03. The minimum atomic E-state index is -0.282. The molecular weight excluding hydrogens is 543 g/mol. The number of nitrogens with one attached hydrogen (secondary N) is 1. The molecule has 0 unspecified atom stereocenters. The number of benzene rings is 1. The first-order chi connectivity index (χ1) is 14.7. The second-order valence-corrected chi connectivity index (χ2v) is 8.29. The zero-order chi connectivity index (χ0) is 22.7. The molecule has 0 aliphatic rings. The van der Waals surface area contributed by atoms with Crippen LogP contribution in [-0.4, -0.2) is 34.3 Å². The molecule has 11 heteroatoms. The van der Waals surface area contributed by atoms with Gasteiger partial charge in [0.05, 0.1) is 22.9 Å². The van der Waals surface area contributed by atoms with Crippen LogP contribution < -0.4 is 15.0 Å². The van der Waals surface area contributed by atoms with Gasteiger partial charge in [0.25, 0.3) is 0 Å². The number of carbonyl (C=O) groups is 2. The van der Waals surface area contributed by atoms with Gasteiger partial charge in [-0.1, -0.05) is 23.2 Å². The Morgan fingerprint density at radius 1 is 1.28 bits per heavy atom. The summed E-state index contributed by atoms with van der Waals surface area (Å²) >= 11 is 16.5. The Hall–Kier alpha value is -2.00. The highest BCUT2D eigenvalue weighted by Crippen LogP contribution is 2.35. The number of nitrogens with zero attached hydrogens (tertiary/aromatic N) is 3. The van der Waals surface area contributed by atoms with Crippen LogP contribution >= 0.6 is 51.5 Å². The Labute approximate surface area is 210 Å². The molecule has 1 aromatic carbocycles. The van der Waals surface area contributed by atoms with Crippen molar-refractivity contribution in [2.45, 2.75) is 27.4 Å². The number of pyridine rings is 1. The second kappa shape index (κ2) is 11.2. The van der Waals surface area contributed by atoms with Crippen molar-refractivity contribution in [3.05, 3.63) is 56.4 Å². The number of hydrogen-bond donors (Lipinski definition) is 1. The zero-order valence-electron chi connectivity index (χ0n) is 17.6. The molecule has 0 fully saturated rings. The summed E-state index contributed by atoms with van der Waals surface area (Å²) in [6.07, 6.45) is 1.88. The number of likely N-dealkylation sites (N-methyl/N-ethyl adjacent to an activating group) is 1. The lowest BCUT2D eigenvalue weighted by Crippen LogP contribution is -2.39. The average molecular weight is 565 g/mol. The molecule has 0 atom stereocenters. The SMILES string of the molecule is CCN(C(=O)CNC(C)=O)c1ccc(Cl)c(COc2cccn3c(Br)c(C)nc23)c1Cl.Cl. The van der Waals surface area contributed by atoms with E-state index in [0.29, 0.717) is 39.2 Å². The summed E-state index contributed by atoms with van der Waals surface area (Å²) in [6, 6.07) is 7.02. The van der Waals surface area contributed by atoms with Gasteiger partial charge in [0.15, 0.2) is 11.4 Å². The molecule has 7 nitrogen and oxygen atoms in total. The van der Waals surface area contributed by atoms with E-state index in [1.807, 2.05) is 36.6 Å². The maximum atomic E-state index is 12.6. The Morgan fingerprint density at radius 3 is 2.66 bits per heavy atom. The summed E-state index contributed by atoms with van der Waals surface area (Å²) in [5.41, 5.74) is 2.55. The van der Waals surface area contributed by atoms with Gasteiger partial charge >= 0.3 is 0 Å². The predicted octanol–water partition coefficient (Wildman–Crippen LogP) is 5.20. The quantitative estimate of drug-likeness (QED) is 0.428. The van der Waals surface area contributed by atoms with Gasteiger partial charge in [0, 0.05) is 30.3 Å². The van der Waals surface area contributed by atoms with Crippen LogP contribution in [0, 0.1) is 6.92 Å². The smallest absolute Gasteiger partial charge is 0.246 e. The minimum Gasteiger partial charge on any atom is -0.485 e. The summed E-state index contributed by atoms with van der Waals surface area (Å²) in [5.74, 6) is 0.00919. The fourth-order valence-electron chi connectivity index (χ4n) is 3.09. The molecule has 2 amide bonds. The maximum Gasteiger partial charge on any atom is 0.246 e. The molecule has 0 radical (unpaired) electrons.